The molecule has 2 heterocycles. The lowest BCUT2D eigenvalue weighted by molar-refractivity contribution is 0.563. The number of aromatic nitrogens is 1. The van der Waals surface area contributed by atoms with Crippen LogP contribution in [0.25, 0.3) is 0 Å². The molecule has 2 N–H and O–H groups in total. The van der Waals surface area contributed by atoms with Crippen LogP contribution in [-0.4, -0.2) is 12.0 Å². The van der Waals surface area contributed by atoms with Gasteiger partial charge in [0.1, 0.15) is 0 Å². The number of hydrogen-bond acceptors (Lipinski definition) is 4. The van der Waals surface area contributed by atoms with Crippen molar-refractivity contribution in [3.05, 3.63) is 48.2 Å². The van der Waals surface area contributed by atoms with Crippen molar-refractivity contribution in [1.29, 1.82) is 0 Å². The van der Waals surface area contributed by atoms with Crippen LogP contribution in [0.15, 0.2) is 41.3 Å². The summed E-state index contributed by atoms with van der Waals surface area (Å²) in [7, 11) is 2.02. The van der Waals surface area contributed by atoms with Gasteiger partial charge in [-0.25, -0.2) is 0 Å². The van der Waals surface area contributed by atoms with Crippen LogP contribution in [-0.2, 0) is 6.54 Å². The Morgan fingerprint density at radius 2 is 2.24 bits per heavy atom. The van der Waals surface area contributed by atoms with E-state index in [2.05, 4.69) is 9.88 Å². The highest BCUT2D eigenvalue weighted by Gasteiger charge is 2.05. The summed E-state index contributed by atoms with van der Waals surface area (Å²) in [6, 6.07) is 5.93. The molecule has 0 radical (unpaired) electrons. The average Bonchev–Trinajstić information content (AvgIpc) is 2.82. The van der Waals surface area contributed by atoms with E-state index in [1.807, 2.05) is 38.4 Å². The van der Waals surface area contributed by atoms with Crippen molar-refractivity contribution in [3.8, 4) is 0 Å². The second kappa shape index (κ2) is 5.01. The molecule has 0 aromatic carbocycles. The van der Waals surface area contributed by atoms with Crippen molar-refractivity contribution in [1.82, 2.24) is 4.98 Å². The number of furan rings is 1. The zero-order chi connectivity index (χ0) is 12.3. The molecule has 90 valence electrons. The highest BCUT2D eigenvalue weighted by molar-refractivity contribution is 5.44. The summed E-state index contributed by atoms with van der Waals surface area (Å²) in [6.07, 6.45) is 5.28. The summed E-state index contributed by atoms with van der Waals surface area (Å²) in [5.74, 6) is 0. The van der Waals surface area contributed by atoms with Crippen molar-refractivity contribution in [3.63, 3.8) is 0 Å². The second-order valence-electron chi connectivity index (χ2n) is 4.22. The normalized spacial score (nSPS) is 12.4. The van der Waals surface area contributed by atoms with E-state index in [0.29, 0.717) is 0 Å². The van der Waals surface area contributed by atoms with Gasteiger partial charge in [0.15, 0.2) is 0 Å². The molecule has 0 saturated carbocycles. The molecule has 0 unspecified atom stereocenters. The number of nitrogens with zero attached hydrogens (tertiary/aromatic N) is 2. The van der Waals surface area contributed by atoms with Gasteiger partial charge in [0, 0.05) is 25.2 Å². The molecule has 2 rings (SSSR count). The molecular formula is C13H17N3O. The first kappa shape index (κ1) is 11.7. The van der Waals surface area contributed by atoms with E-state index >= 15 is 0 Å². The average molecular weight is 231 g/mol. The van der Waals surface area contributed by atoms with E-state index in [9.17, 15) is 0 Å². The topological polar surface area (TPSA) is 55.3 Å². The predicted octanol–water partition coefficient (Wildman–Crippen LogP) is 2.33. The number of anilines is 1. The van der Waals surface area contributed by atoms with Crippen LogP contribution in [0.4, 0.5) is 5.69 Å². The maximum absolute atomic E-state index is 5.76. The van der Waals surface area contributed by atoms with Crippen molar-refractivity contribution >= 4 is 5.69 Å². The summed E-state index contributed by atoms with van der Waals surface area (Å²) >= 11 is 0. The standard InChI is InChI=1S/C13H17N3O/c1-10(14)13-4-3-12(7-15-13)16(2)8-11-5-6-17-9-11/h3-7,9-10H,8,14H2,1-2H3/t10-/m0/s1. The van der Waals surface area contributed by atoms with E-state index < -0.39 is 0 Å². The monoisotopic (exact) mass is 231 g/mol. The van der Waals surface area contributed by atoms with Gasteiger partial charge in [-0.05, 0) is 25.1 Å². The molecular weight excluding hydrogens is 214 g/mol. The van der Waals surface area contributed by atoms with Gasteiger partial charge in [-0.15, -0.1) is 0 Å². The van der Waals surface area contributed by atoms with E-state index in [0.717, 1.165) is 23.5 Å². The Balaban J connectivity index is 2.06. The van der Waals surface area contributed by atoms with Crippen LogP contribution in [0.5, 0.6) is 0 Å². The first-order valence-electron chi connectivity index (χ1n) is 5.60. The van der Waals surface area contributed by atoms with Crippen LogP contribution >= 0.6 is 0 Å². The minimum Gasteiger partial charge on any atom is -0.472 e. The van der Waals surface area contributed by atoms with Gasteiger partial charge >= 0.3 is 0 Å². The Morgan fingerprint density at radius 3 is 2.76 bits per heavy atom. The number of pyridine rings is 1. The van der Waals surface area contributed by atoms with Gasteiger partial charge in [-0.3, -0.25) is 4.98 Å². The third-order valence-electron chi connectivity index (χ3n) is 2.68. The fourth-order valence-corrected chi connectivity index (χ4v) is 1.64. The molecule has 0 bridgehead atoms. The molecule has 1 atom stereocenters. The van der Waals surface area contributed by atoms with Crippen molar-refractivity contribution in [2.45, 2.75) is 19.5 Å². The van der Waals surface area contributed by atoms with Crippen molar-refractivity contribution in [2.24, 2.45) is 5.73 Å². The minimum atomic E-state index is -0.0248. The molecule has 0 aliphatic heterocycles. The molecule has 0 amide bonds. The van der Waals surface area contributed by atoms with Crippen LogP contribution < -0.4 is 10.6 Å². The van der Waals surface area contributed by atoms with E-state index in [1.165, 1.54) is 0 Å². The number of nitrogens with two attached hydrogens (primary N) is 1. The molecule has 0 fully saturated rings. The van der Waals surface area contributed by atoms with Gasteiger partial charge in [0.05, 0.1) is 30.1 Å². The molecule has 4 heteroatoms. The van der Waals surface area contributed by atoms with E-state index in [-0.39, 0.29) is 6.04 Å². The summed E-state index contributed by atoms with van der Waals surface area (Å²) < 4.78 is 5.04. The fraction of sp³-hybridized carbons (Fsp3) is 0.308. The molecule has 2 aromatic rings. The fourth-order valence-electron chi connectivity index (χ4n) is 1.64. The quantitative estimate of drug-likeness (QED) is 0.877. The Hall–Kier alpha value is -1.81. The van der Waals surface area contributed by atoms with Crippen molar-refractivity contribution < 1.29 is 4.42 Å². The first-order valence-corrected chi connectivity index (χ1v) is 5.60. The molecule has 0 spiro atoms. The maximum Gasteiger partial charge on any atom is 0.0952 e. The lowest BCUT2D eigenvalue weighted by atomic mass is 10.2. The summed E-state index contributed by atoms with van der Waals surface area (Å²) in [5, 5.41) is 0. The van der Waals surface area contributed by atoms with E-state index in [1.54, 1.807) is 12.5 Å². The largest absolute Gasteiger partial charge is 0.472 e. The molecule has 0 aliphatic rings. The SMILES string of the molecule is C[C@H](N)c1ccc(N(C)Cc2ccoc2)cn1. The van der Waals surface area contributed by atoms with Crippen LogP contribution in [0.1, 0.15) is 24.2 Å². The Labute approximate surface area is 101 Å². The predicted molar refractivity (Wildman–Crippen MR) is 67.7 cm³/mol. The first-order chi connectivity index (χ1) is 8.16. The van der Waals surface area contributed by atoms with Crippen LogP contribution in [0.3, 0.4) is 0 Å². The lowest BCUT2D eigenvalue weighted by Crippen LogP contribution is -2.16. The van der Waals surface area contributed by atoms with Gasteiger partial charge in [0.25, 0.3) is 0 Å². The smallest absolute Gasteiger partial charge is 0.0952 e. The highest BCUT2D eigenvalue weighted by atomic mass is 16.3. The molecule has 2 aromatic heterocycles. The number of hydrogen-bond donors (Lipinski definition) is 1. The summed E-state index contributed by atoms with van der Waals surface area (Å²) in [4.78, 5) is 6.45. The zero-order valence-corrected chi connectivity index (χ0v) is 10.1. The van der Waals surface area contributed by atoms with Gasteiger partial charge < -0.3 is 15.1 Å². The molecule has 4 nitrogen and oxygen atoms in total. The maximum atomic E-state index is 5.76. The van der Waals surface area contributed by atoms with Gasteiger partial charge in [-0.1, -0.05) is 0 Å². The van der Waals surface area contributed by atoms with Crippen LogP contribution in [0.2, 0.25) is 0 Å². The van der Waals surface area contributed by atoms with E-state index in [4.69, 9.17) is 10.2 Å². The second-order valence-corrected chi connectivity index (χ2v) is 4.22. The number of rotatable bonds is 4. The zero-order valence-electron chi connectivity index (χ0n) is 10.1. The highest BCUT2D eigenvalue weighted by Crippen LogP contribution is 2.16. The minimum absolute atomic E-state index is 0.0248. The third kappa shape index (κ3) is 2.85. The Kier molecular flexibility index (Phi) is 3.44. The van der Waals surface area contributed by atoms with Gasteiger partial charge in [0.2, 0.25) is 0 Å². The Morgan fingerprint density at radius 1 is 1.41 bits per heavy atom. The van der Waals surface area contributed by atoms with Gasteiger partial charge in [-0.2, -0.15) is 0 Å². The molecule has 0 saturated heterocycles. The Bertz CT molecular complexity index is 448. The summed E-state index contributed by atoms with van der Waals surface area (Å²) in [5.41, 5.74) is 8.88. The third-order valence-corrected chi connectivity index (χ3v) is 2.68. The van der Waals surface area contributed by atoms with Crippen LogP contribution in [0, 0.1) is 0 Å². The lowest BCUT2D eigenvalue weighted by Gasteiger charge is -2.18. The molecule has 17 heavy (non-hydrogen) atoms. The summed E-state index contributed by atoms with van der Waals surface area (Å²) in [6.45, 7) is 2.73. The molecule has 0 aliphatic carbocycles. The van der Waals surface area contributed by atoms with Crippen molar-refractivity contribution in [2.75, 3.05) is 11.9 Å².